The number of terminal acetylenes is 1. The number of hydrogen-bond acceptors (Lipinski definition) is 5. The molecular formula is C17H19N3O3S. The van der Waals surface area contributed by atoms with Crippen molar-refractivity contribution in [1.82, 2.24) is 5.32 Å². The Morgan fingerprint density at radius 3 is 2.79 bits per heavy atom. The quantitative estimate of drug-likeness (QED) is 0.800. The van der Waals surface area contributed by atoms with Gasteiger partial charge in [0.2, 0.25) is 5.91 Å². The van der Waals surface area contributed by atoms with E-state index in [4.69, 9.17) is 6.42 Å². The van der Waals surface area contributed by atoms with Gasteiger partial charge in [0.05, 0.1) is 16.6 Å². The van der Waals surface area contributed by atoms with Crippen molar-refractivity contribution < 1.29 is 13.2 Å². The predicted molar refractivity (Wildman–Crippen MR) is 89.1 cm³/mol. The Bertz CT molecular complexity index is 818. The van der Waals surface area contributed by atoms with Gasteiger partial charge < -0.3 is 5.32 Å². The van der Waals surface area contributed by atoms with Gasteiger partial charge in [-0.2, -0.15) is 10.2 Å². The first-order valence-corrected chi connectivity index (χ1v) is 9.60. The fraction of sp³-hybridized carbons (Fsp3) is 0.471. The number of hydrogen-bond donors (Lipinski definition) is 1. The summed E-state index contributed by atoms with van der Waals surface area (Å²) in [5, 5.41) is 11.0. The maximum absolute atomic E-state index is 12.5. The molecular weight excluding hydrogens is 326 g/mol. The van der Waals surface area contributed by atoms with Gasteiger partial charge in [-0.05, 0) is 18.1 Å². The minimum atomic E-state index is -3.28. The number of sulfone groups is 1. The molecule has 24 heavy (non-hydrogen) atoms. The Morgan fingerprint density at radius 1 is 1.33 bits per heavy atom. The van der Waals surface area contributed by atoms with Crippen molar-refractivity contribution in [3.05, 3.63) is 29.8 Å². The molecule has 1 amide bonds. The molecule has 1 aromatic rings. The largest absolute Gasteiger partial charge is 0.355 e. The van der Waals surface area contributed by atoms with Gasteiger partial charge in [-0.3, -0.25) is 4.79 Å². The Kier molecular flexibility index (Phi) is 4.41. The molecule has 1 atom stereocenters. The smallest absolute Gasteiger partial charge is 0.227 e. The van der Waals surface area contributed by atoms with Crippen LogP contribution in [0.1, 0.15) is 37.2 Å². The third kappa shape index (κ3) is 3.34. The molecule has 2 aliphatic rings. The van der Waals surface area contributed by atoms with Gasteiger partial charge in [0, 0.05) is 25.8 Å². The van der Waals surface area contributed by atoms with Crippen LogP contribution < -0.4 is 5.32 Å². The second-order valence-electron chi connectivity index (χ2n) is 6.13. The van der Waals surface area contributed by atoms with E-state index < -0.39 is 21.4 Å². The van der Waals surface area contributed by atoms with Gasteiger partial charge in [-0.1, -0.05) is 18.2 Å². The maximum atomic E-state index is 12.5. The van der Waals surface area contributed by atoms with Crippen LogP contribution in [0.5, 0.6) is 0 Å². The molecule has 6 nitrogen and oxygen atoms in total. The topological polar surface area (TPSA) is 88.0 Å². The molecule has 2 heterocycles. The number of nitrogens with one attached hydrogen (secondary N) is 1. The number of benzene rings is 1. The third-order valence-electron chi connectivity index (χ3n) is 4.50. The Morgan fingerprint density at radius 2 is 2.08 bits per heavy atom. The van der Waals surface area contributed by atoms with Crippen molar-refractivity contribution >= 4 is 15.7 Å². The first-order chi connectivity index (χ1) is 11.5. The van der Waals surface area contributed by atoms with Crippen molar-refractivity contribution in [2.45, 2.75) is 42.2 Å². The lowest BCUT2D eigenvalue weighted by molar-refractivity contribution is -0.122. The SMILES string of the molecule is C#CCCC1(CCNC(=O)C2CCS(=O)(=O)c3ccccc32)N=N1. The van der Waals surface area contributed by atoms with Crippen LogP contribution in [0.25, 0.3) is 0 Å². The number of carbonyl (C=O) groups is 1. The molecule has 0 saturated carbocycles. The Labute approximate surface area is 141 Å². The molecule has 1 unspecified atom stereocenters. The zero-order valence-corrected chi connectivity index (χ0v) is 14.1. The number of nitrogens with zero attached hydrogens (tertiary/aromatic N) is 2. The van der Waals surface area contributed by atoms with Crippen molar-refractivity contribution in [2.24, 2.45) is 10.2 Å². The highest BCUT2D eigenvalue weighted by Crippen LogP contribution is 2.36. The fourth-order valence-corrected chi connectivity index (χ4v) is 4.66. The minimum absolute atomic E-state index is 0.00112. The lowest BCUT2D eigenvalue weighted by Crippen LogP contribution is -2.35. The molecule has 0 saturated heterocycles. The van der Waals surface area contributed by atoms with Crippen LogP contribution in [0.15, 0.2) is 39.4 Å². The lowest BCUT2D eigenvalue weighted by Gasteiger charge is -2.24. The number of rotatable bonds is 6. The highest BCUT2D eigenvalue weighted by atomic mass is 32.2. The first-order valence-electron chi connectivity index (χ1n) is 7.94. The number of carbonyl (C=O) groups excluding carboxylic acids is 1. The summed E-state index contributed by atoms with van der Waals surface area (Å²) < 4.78 is 24.2. The summed E-state index contributed by atoms with van der Waals surface area (Å²) in [6, 6.07) is 6.73. The van der Waals surface area contributed by atoms with E-state index in [1.54, 1.807) is 24.3 Å². The van der Waals surface area contributed by atoms with E-state index in [1.807, 2.05) is 0 Å². The molecule has 1 N–H and O–H groups in total. The summed E-state index contributed by atoms with van der Waals surface area (Å²) in [6.07, 6.45) is 7.48. The van der Waals surface area contributed by atoms with E-state index in [9.17, 15) is 13.2 Å². The summed E-state index contributed by atoms with van der Waals surface area (Å²) >= 11 is 0. The fourth-order valence-electron chi connectivity index (χ4n) is 3.04. The third-order valence-corrected chi connectivity index (χ3v) is 6.31. The van der Waals surface area contributed by atoms with Gasteiger partial charge in [0.25, 0.3) is 0 Å². The zero-order chi connectivity index (χ0) is 17.2. The summed E-state index contributed by atoms with van der Waals surface area (Å²) in [6.45, 7) is 0.446. The van der Waals surface area contributed by atoms with Crippen LogP contribution in [-0.4, -0.2) is 32.3 Å². The molecule has 7 heteroatoms. The van der Waals surface area contributed by atoms with Gasteiger partial charge in [-0.25, -0.2) is 8.42 Å². The summed E-state index contributed by atoms with van der Waals surface area (Å²) in [5.41, 5.74) is 0.164. The number of fused-ring (bicyclic) bond motifs is 1. The average molecular weight is 345 g/mol. The molecule has 0 aliphatic carbocycles. The lowest BCUT2D eigenvalue weighted by atomic mass is 9.94. The van der Waals surface area contributed by atoms with E-state index in [1.165, 1.54) is 0 Å². The van der Waals surface area contributed by atoms with Crippen LogP contribution in [0, 0.1) is 12.3 Å². The normalized spacial score (nSPS) is 22.2. The molecule has 0 aromatic heterocycles. The van der Waals surface area contributed by atoms with Gasteiger partial charge >= 0.3 is 0 Å². The van der Waals surface area contributed by atoms with E-state index in [-0.39, 0.29) is 16.6 Å². The van der Waals surface area contributed by atoms with Crippen molar-refractivity contribution in [3.63, 3.8) is 0 Å². The predicted octanol–water partition coefficient (Wildman–Crippen LogP) is 2.03. The molecule has 126 valence electrons. The van der Waals surface area contributed by atoms with Gasteiger partial charge in [-0.15, -0.1) is 12.3 Å². The van der Waals surface area contributed by atoms with Crippen molar-refractivity contribution in [1.29, 1.82) is 0 Å². The molecule has 0 bridgehead atoms. The standard InChI is InChI=1S/C17H19N3O3S/c1-2-3-9-17(19-20-17)10-11-18-16(21)14-8-12-24(22,23)15-7-5-4-6-13(14)15/h1,4-7,14H,3,8-12H2,(H,18,21). The van der Waals surface area contributed by atoms with E-state index in [0.717, 1.165) is 0 Å². The molecule has 0 radical (unpaired) electrons. The summed E-state index contributed by atoms with van der Waals surface area (Å²) in [5.74, 6) is 1.99. The second kappa shape index (κ2) is 6.36. The zero-order valence-electron chi connectivity index (χ0n) is 13.2. The van der Waals surface area contributed by atoms with Crippen LogP contribution in [-0.2, 0) is 14.6 Å². The van der Waals surface area contributed by atoms with Crippen LogP contribution in [0.2, 0.25) is 0 Å². The van der Waals surface area contributed by atoms with Crippen molar-refractivity contribution in [2.75, 3.05) is 12.3 Å². The monoisotopic (exact) mass is 345 g/mol. The van der Waals surface area contributed by atoms with Crippen LogP contribution >= 0.6 is 0 Å². The summed E-state index contributed by atoms with van der Waals surface area (Å²) in [7, 11) is -3.28. The molecule has 0 spiro atoms. The van der Waals surface area contributed by atoms with E-state index in [2.05, 4.69) is 21.5 Å². The number of amides is 1. The van der Waals surface area contributed by atoms with E-state index >= 15 is 0 Å². The molecule has 0 fully saturated rings. The summed E-state index contributed by atoms with van der Waals surface area (Å²) in [4.78, 5) is 12.8. The highest BCUT2D eigenvalue weighted by Gasteiger charge is 2.39. The first kappa shape index (κ1) is 16.7. The highest BCUT2D eigenvalue weighted by molar-refractivity contribution is 7.91. The van der Waals surface area contributed by atoms with Gasteiger partial charge in [0.15, 0.2) is 15.5 Å². The Balaban J connectivity index is 1.61. The van der Waals surface area contributed by atoms with E-state index in [0.29, 0.717) is 37.8 Å². The van der Waals surface area contributed by atoms with Crippen LogP contribution in [0.3, 0.4) is 0 Å². The van der Waals surface area contributed by atoms with Crippen molar-refractivity contribution in [3.8, 4) is 12.3 Å². The van der Waals surface area contributed by atoms with Crippen LogP contribution in [0.4, 0.5) is 0 Å². The maximum Gasteiger partial charge on any atom is 0.227 e. The molecule has 2 aliphatic heterocycles. The van der Waals surface area contributed by atoms with Gasteiger partial charge in [0.1, 0.15) is 0 Å². The molecule has 3 rings (SSSR count). The molecule has 1 aromatic carbocycles. The average Bonchev–Trinajstić information content (AvgIpc) is 3.33. The minimum Gasteiger partial charge on any atom is -0.355 e. The Hall–Kier alpha value is -2.20. The second-order valence-corrected chi connectivity index (χ2v) is 8.20.